The fraction of sp³-hybridized carbons (Fsp3) is 0.261. The highest BCUT2D eigenvalue weighted by atomic mass is 32.1. The largest absolute Gasteiger partial charge is 0.461 e. The minimum Gasteiger partial charge on any atom is -0.461 e. The van der Waals surface area contributed by atoms with Crippen molar-refractivity contribution in [2.45, 2.75) is 39.2 Å². The van der Waals surface area contributed by atoms with E-state index in [1.165, 1.54) is 6.07 Å². The average molecular weight is 407 g/mol. The van der Waals surface area contributed by atoms with Crippen LogP contribution in [0.4, 0.5) is 0 Å². The van der Waals surface area contributed by atoms with Gasteiger partial charge in [0.05, 0.1) is 15.2 Å². The SMILES string of the molecule is CCc1ccc2c(COC(=O)CCCc3nc4ccccc4s3)cc(=O)oc2c1. The molecule has 0 spiro atoms. The Balaban J connectivity index is 1.35. The lowest BCUT2D eigenvalue weighted by atomic mass is 10.1. The van der Waals surface area contributed by atoms with Crippen molar-refractivity contribution in [2.75, 3.05) is 0 Å². The molecule has 29 heavy (non-hydrogen) atoms. The van der Waals surface area contributed by atoms with Crippen molar-refractivity contribution in [3.8, 4) is 0 Å². The van der Waals surface area contributed by atoms with Gasteiger partial charge in [-0.15, -0.1) is 11.3 Å². The van der Waals surface area contributed by atoms with E-state index in [1.807, 2.05) is 43.3 Å². The van der Waals surface area contributed by atoms with Crippen LogP contribution >= 0.6 is 11.3 Å². The first-order valence-electron chi connectivity index (χ1n) is 9.68. The van der Waals surface area contributed by atoms with Gasteiger partial charge in [-0.25, -0.2) is 9.78 Å². The van der Waals surface area contributed by atoms with Gasteiger partial charge in [0, 0.05) is 23.4 Å². The van der Waals surface area contributed by atoms with E-state index in [0.717, 1.165) is 39.0 Å². The van der Waals surface area contributed by atoms with Gasteiger partial charge < -0.3 is 9.15 Å². The fourth-order valence-electron chi connectivity index (χ4n) is 3.25. The zero-order valence-corrected chi connectivity index (χ0v) is 17.0. The van der Waals surface area contributed by atoms with Crippen LogP contribution in [0.2, 0.25) is 0 Å². The van der Waals surface area contributed by atoms with Crippen LogP contribution in [0.25, 0.3) is 21.2 Å². The van der Waals surface area contributed by atoms with Crippen LogP contribution in [0, 0.1) is 0 Å². The van der Waals surface area contributed by atoms with Crippen LogP contribution in [0.5, 0.6) is 0 Å². The molecule has 0 N–H and O–H groups in total. The van der Waals surface area contributed by atoms with Gasteiger partial charge in [-0.2, -0.15) is 0 Å². The van der Waals surface area contributed by atoms with E-state index in [4.69, 9.17) is 9.15 Å². The lowest BCUT2D eigenvalue weighted by Gasteiger charge is -2.08. The zero-order chi connectivity index (χ0) is 20.2. The Hall–Kier alpha value is -2.99. The quantitative estimate of drug-likeness (QED) is 0.317. The molecule has 0 bridgehead atoms. The third-order valence-electron chi connectivity index (χ3n) is 4.80. The molecule has 148 valence electrons. The number of carbonyl (C=O) groups is 1. The van der Waals surface area contributed by atoms with Gasteiger partial charge in [-0.1, -0.05) is 31.2 Å². The molecule has 0 aliphatic rings. The Morgan fingerprint density at radius 3 is 2.86 bits per heavy atom. The van der Waals surface area contributed by atoms with Crippen LogP contribution < -0.4 is 5.63 Å². The van der Waals surface area contributed by atoms with Gasteiger partial charge >= 0.3 is 11.6 Å². The van der Waals surface area contributed by atoms with Crippen LogP contribution in [-0.4, -0.2) is 11.0 Å². The van der Waals surface area contributed by atoms with E-state index in [1.54, 1.807) is 11.3 Å². The van der Waals surface area contributed by atoms with Crippen LogP contribution in [0.1, 0.15) is 35.9 Å². The second kappa shape index (κ2) is 8.57. The first-order chi connectivity index (χ1) is 14.1. The maximum absolute atomic E-state index is 12.2. The highest BCUT2D eigenvalue weighted by Gasteiger charge is 2.10. The van der Waals surface area contributed by atoms with Crippen molar-refractivity contribution in [1.82, 2.24) is 4.98 Å². The maximum atomic E-state index is 12.2. The van der Waals surface area contributed by atoms with Crippen molar-refractivity contribution in [3.63, 3.8) is 0 Å². The normalized spacial score (nSPS) is 11.2. The van der Waals surface area contributed by atoms with Crippen molar-refractivity contribution in [2.24, 2.45) is 0 Å². The van der Waals surface area contributed by atoms with Crippen molar-refractivity contribution < 1.29 is 13.9 Å². The van der Waals surface area contributed by atoms with Crippen LogP contribution in [0.15, 0.2) is 57.7 Å². The molecule has 0 radical (unpaired) electrons. The summed E-state index contributed by atoms with van der Waals surface area (Å²) >= 11 is 1.66. The van der Waals surface area contributed by atoms with E-state index in [-0.39, 0.29) is 12.6 Å². The number of ether oxygens (including phenoxy) is 1. The molecule has 0 saturated heterocycles. The summed E-state index contributed by atoms with van der Waals surface area (Å²) in [5.74, 6) is -0.280. The number of rotatable bonds is 7. The highest BCUT2D eigenvalue weighted by Crippen LogP contribution is 2.23. The number of hydrogen-bond acceptors (Lipinski definition) is 6. The number of nitrogens with zero attached hydrogens (tertiary/aromatic N) is 1. The van der Waals surface area contributed by atoms with Crippen molar-refractivity contribution in [3.05, 3.63) is 75.1 Å². The predicted octanol–water partition coefficient (Wildman–Crippen LogP) is 5.03. The number of esters is 1. The number of benzene rings is 2. The molecule has 0 fully saturated rings. The number of aryl methyl sites for hydroxylation is 2. The molecule has 0 aliphatic heterocycles. The topological polar surface area (TPSA) is 69.4 Å². The molecule has 2 aromatic carbocycles. The van der Waals surface area contributed by atoms with Crippen molar-refractivity contribution in [1.29, 1.82) is 0 Å². The second-order valence-corrected chi connectivity index (χ2v) is 7.98. The molecule has 0 atom stereocenters. The van der Waals surface area contributed by atoms with Crippen LogP contribution in [0.3, 0.4) is 0 Å². The molecule has 0 aliphatic carbocycles. The summed E-state index contributed by atoms with van der Waals surface area (Å²) in [5, 5.41) is 1.82. The minimum atomic E-state index is -0.437. The fourth-order valence-corrected chi connectivity index (χ4v) is 4.26. The Morgan fingerprint density at radius 1 is 1.17 bits per heavy atom. The summed E-state index contributed by atoms with van der Waals surface area (Å²) in [4.78, 5) is 28.6. The molecule has 0 amide bonds. The number of hydrogen-bond donors (Lipinski definition) is 0. The van der Waals surface area contributed by atoms with Gasteiger partial charge in [0.1, 0.15) is 12.2 Å². The smallest absolute Gasteiger partial charge is 0.336 e. The number of carbonyl (C=O) groups excluding carboxylic acids is 1. The lowest BCUT2D eigenvalue weighted by molar-refractivity contribution is -0.145. The van der Waals surface area contributed by atoms with Gasteiger partial charge in [-0.3, -0.25) is 4.79 Å². The standard InChI is InChI=1S/C23H21NO4S/c1-2-15-10-11-17-16(13-23(26)28-19(17)12-15)14-27-22(25)9-5-8-21-24-18-6-3-4-7-20(18)29-21/h3-4,6-7,10-13H,2,5,8-9,14H2,1H3. The molecule has 0 unspecified atom stereocenters. The van der Waals surface area contributed by atoms with Crippen molar-refractivity contribution >= 4 is 38.5 Å². The second-order valence-electron chi connectivity index (χ2n) is 6.86. The van der Waals surface area contributed by atoms with E-state index in [2.05, 4.69) is 11.1 Å². The predicted molar refractivity (Wildman–Crippen MR) is 114 cm³/mol. The molecular formula is C23H21NO4S. The molecule has 0 saturated carbocycles. The number of para-hydroxylation sites is 1. The lowest BCUT2D eigenvalue weighted by Crippen LogP contribution is -2.08. The van der Waals surface area contributed by atoms with Gasteiger partial charge in [0.2, 0.25) is 0 Å². The summed E-state index contributed by atoms with van der Waals surface area (Å²) in [6.45, 7) is 2.10. The summed E-state index contributed by atoms with van der Waals surface area (Å²) in [6.07, 6.45) is 2.59. The zero-order valence-electron chi connectivity index (χ0n) is 16.1. The van der Waals surface area contributed by atoms with Crippen LogP contribution in [-0.2, 0) is 29.0 Å². The third kappa shape index (κ3) is 4.54. The molecule has 2 aromatic heterocycles. The molecule has 4 rings (SSSR count). The molecule has 6 heteroatoms. The Kier molecular flexibility index (Phi) is 5.71. The number of aromatic nitrogens is 1. The Bertz CT molecular complexity index is 1190. The van der Waals surface area contributed by atoms with E-state index < -0.39 is 5.63 Å². The molecule has 2 heterocycles. The molecular weight excluding hydrogens is 386 g/mol. The Labute approximate surface area is 172 Å². The monoisotopic (exact) mass is 407 g/mol. The number of thiazole rings is 1. The van der Waals surface area contributed by atoms with Gasteiger partial charge in [-0.05, 0) is 43.0 Å². The molecule has 5 nitrogen and oxygen atoms in total. The summed E-state index contributed by atoms with van der Waals surface area (Å²) < 4.78 is 11.9. The van der Waals surface area contributed by atoms with E-state index in [9.17, 15) is 9.59 Å². The first-order valence-corrected chi connectivity index (χ1v) is 10.5. The van der Waals surface area contributed by atoms with Gasteiger partial charge in [0.25, 0.3) is 0 Å². The highest BCUT2D eigenvalue weighted by molar-refractivity contribution is 7.18. The summed E-state index contributed by atoms with van der Waals surface area (Å²) in [6, 6.07) is 15.2. The summed E-state index contributed by atoms with van der Waals surface area (Å²) in [5.41, 5.74) is 2.84. The minimum absolute atomic E-state index is 0.0630. The first kappa shape index (κ1) is 19.3. The van der Waals surface area contributed by atoms with E-state index >= 15 is 0 Å². The van der Waals surface area contributed by atoms with Gasteiger partial charge in [0.15, 0.2) is 0 Å². The van der Waals surface area contributed by atoms with E-state index in [0.29, 0.717) is 24.0 Å². The molecule has 4 aromatic rings. The third-order valence-corrected chi connectivity index (χ3v) is 5.90. The maximum Gasteiger partial charge on any atom is 0.336 e. The summed E-state index contributed by atoms with van der Waals surface area (Å²) in [7, 11) is 0. The Morgan fingerprint density at radius 2 is 2.03 bits per heavy atom. The average Bonchev–Trinajstić information content (AvgIpc) is 3.14. The number of fused-ring (bicyclic) bond motifs is 2.